The van der Waals surface area contributed by atoms with Gasteiger partial charge < -0.3 is 0 Å². The highest BCUT2D eigenvalue weighted by Gasteiger charge is 2.30. The van der Waals surface area contributed by atoms with Crippen LogP contribution in [0.3, 0.4) is 0 Å². The van der Waals surface area contributed by atoms with Crippen molar-refractivity contribution in [1.82, 2.24) is 5.12 Å². The van der Waals surface area contributed by atoms with Crippen LogP contribution in [0.5, 0.6) is 0 Å². The van der Waals surface area contributed by atoms with Gasteiger partial charge in [-0.1, -0.05) is 13.8 Å². The fourth-order valence-electron chi connectivity index (χ4n) is 1.26. The minimum Gasteiger partial charge on any atom is -0.232 e. The molecule has 0 aliphatic carbocycles. The molecule has 0 aromatic heterocycles. The quantitative estimate of drug-likeness (QED) is 0.582. The van der Waals surface area contributed by atoms with Crippen LogP contribution in [0.15, 0.2) is 5.10 Å². The van der Waals surface area contributed by atoms with E-state index >= 15 is 0 Å². The summed E-state index contributed by atoms with van der Waals surface area (Å²) in [6.07, 6.45) is 4.23. The van der Waals surface area contributed by atoms with Crippen molar-refractivity contribution in [3.63, 3.8) is 0 Å². The van der Waals surface area contributed by atoms with Crippen LogP contribution in [0.1, 0.15) is 26.7 Å². The number of rotatable bonds is 2. The van der Waals surface area contributed by atoms with Crippen LogP contribution in [-0.4, -0.2) is 17.9 Å². The van der Waals surface area contributed by atoms with Crippen molar-refractivity contribution in [2.45, 2.75) is 26.7 Å². The molecule has 1 rings (SSSR count). The molecule has 0 amide bonds. The Kier molecular flexibility index (Phi) is 1.94. The first kappa shape index (κ1) is 7.54. The van der Waals surface area contributed by atoms with E-state index in [1.807, 2.05) is 6.21 Å². The number of hydrogen-bond donors (Lipinski definition) is 1. The lowest BCUT2D eigenvalue weighted by Gasteiger charge is -2.22. The molecule has 0 aromatic carbocycles. The van der Waals surface area contributed by atoms with Crippen molar-refractivity contribution in [2.75, 3.05) is 6.54 Å². The number of hydrazine groups is 1. The fourth-order valence-corrected chi connectivity index (χ4v) is 1.26. The van der Waals surface area contributed by atoms with Crippen LogP contribution in [0.2, 0.25) is 0 Å². The van der Waals surface area contributed by atoms with Crippen molar-refractivity contribution in [3.8, 4) is 0 Å². The summed E-state index contributed by atoms with van der Waals surface area (Å²) in [6.45, 7) is 5.23. The van der Waals surface area contributed by atoms with Crippen molar-refractivity contribution < 1.29 is 0 Å². The van der Waals surface area contributed by atoms with E-state index in [0.29, 0.717) is 0 Å². The predicted octanol–water partition coefficient (Wildman–Crippen LogP) is 0.968. The van der Waals surface area contributed by atoms with Gasteiger partial charge in [0.25, 0.3) is 0 Å². The fraction of sp³-hybridized carbons (Fsp3) is 0.857. The molecule has 0 saturated heterocycles. The largest absolute Gasteiger partial charge is 0.232 e. The first-order valence-corrected chi connectivity index (χ1v) is 3.80. The van der Waals surface area contributed by atoms with E-state index in [4.69, 9.17) is 5.84 Å². The molecule has 58 valence electrons. The molecular formula is C7H15N3. The number of hydrazone groups is 1. The van der Waals surface area contributed by atoms with E-state index in [2.05, 4.69) is 18.9 Å². The van der Waals surface area contributed by atoms with Gasteiger partial charge in [0.1, 0.15) is 0 Å². The molecule has 0 spiro atoms. The Hall–Kier alpha value is -0.570. The van der Waals surface area contributed by atoms with Gasteiger partial charge in [-0.3, -0.25) is 0 Å². The number of hydrogen-bond acceptors (Lipinski definition) is 3. The molecular weight excluding hydrogens is 126 g/mol. The third-order valence-corrected chi connectivity index (χ3v) is 2.37. The van der Waals surface area contributed by atoms with Crippen molar-refractivity contribution in [3.05, 3.63) is 0 Å². The summed E-state index contributed by atoms with van der Waals surface area (Å²) < 4.78 is 0. The molecule has 0 bridgehead atoms. The summed E-state index contributed by atoms with van der Waals surface area (Å²) in [4.78, 5) is 0. The molecule has 0 fully saturated rings. The van der Waals surface area contributed by atoms with E-state index in [1.165, 1.54) is 5.12 Å². The SMILES string of the molecule is CCC1(CC)C=NN(N)C1. The second kappa shape index (κ2) is 2.58. The van der Waals surface area contributed by atoms with Gasteiger partial charge in [-0.2, -0.15) is 5.10 Å². The van der Waals surface area contributed by atoms with Gasteiger partial charge in [-0.25, -0.2) is 11.0 Å². The van der Waals surface area contributed by atoms with Gasteiger partial charge in [0, 0.05) is 11.6 Å². The molecule has 0 saturated carbocycles. The van der Waals surface area contributed by atoms with Gasteiger partial charge >= 0.3 is 0 Å². The van der Waals surface area contributed by atoms with Crippen molar-refractivity contribution in [1.29, 1.82) is 0 Å². The smallest absolute Gasteiger partial charge is 0.0636 e. The third-order valence-electron chi connectivity index (χ3n) is 2.37. The van der Waals surface area contributed by atoms with Gasteiger partial charge in [0.15, 0.2) is 0 Å². The van der Waals surface area contributed by atoms with Gasteiger partial charge in [-0.15, -0.1) is 0 Å². The highest BCUT2D eigenvalue weighted by atomic mass is 15.6. The first-order chi connectivity index (χ1) is 4.72. The Labute approximate surface area is 61.9 Å². The molecule has 1 aliphatic heterocycles. The lowest BCUT2D eigenvalue weighted by Crippen LogP contribution is -2.32. The Morgan fingerprint density at radius 2 is 2.20 bits per heavy atom. The zero-order chi connectivity index (χ0) is 7.61. The summed E-state index contributed by atoms with van der Waals surface area (Å²) in [5.41, 5.74) is 0.259. The average Bonchev–Trinajstić information content (AvgIpc) is 2.33. The minimum atomic E-state index is 0.259. The standard InChI is InChI=1S/C7H15N3/c1-3-7(4-2)5-9-10(8)6-7/h5H,3-4,6,8H2,1-2H3. The monoisotopic (exact) mass is 141 g/mol. The second-order valence-corrected chi connectivity index (χ2v) is 2.91. The molecule has 0 aromatic rings. The highest BCUT2D eigenvalue weighted by Crippen LogP contribution is 2.27. The summed E-state index contributed by atoms with van der Waals surface area (Å²) in [5.74, 6) is 5.50. The van der Waals surface area contributed by atoms with Crippen LogP contribution in [0.25, 0.3) is 0 Å². The minimum absolute atomic E-state index is 0.259. The highest BCUT2D eigenvalue weighted by molar-refractivity contribution is 5.67. The maximum atomic E-state index is 5.50. The number of nitrogens with two attached hydrogens (primary N) is 1. The van der Waals surface area contributed by atoms with Crippen molar-refractivity contribution in [2.24, 2.45) is 16.4 Å². The Morgan fingerprint density at radius 3 is 2.40 bits per heavy atom. The van der Waals surface area contributed by atoms with Crippen LogP contribution < -0.4 is 5.84 Å². The Morgan fingerprint density at radius 1 is 1.60 bits per heavy atom. The summed E-state index contributed by atoms with van der Waals surface area (Å²) in [7, 11) is 0. The molecule has 3 heteroatoms. The van der Waals surface area contributed by atoms with E-state index in [-0.39, 0.29) is 5.41 Å². The molecule has 3 nitrogen and oxygen atoms in total. The van der Waals surface area contributed by atoms with Gasteiger partial charge in [0.05, 0.1) is 6.54 Å². The summed E-state index contributed by atoms with van der Waals surface area (Å²) in [6, 6.07) is 0. The van der Waals surface area contributed by atoms with Crippen LogP contribution in [-0.2, 0) is 0 Å². The average molecular weight is 141 g/mol. The lowest BCUT2D eigenvalue weighted by molar-refractivity contribution is 0.242. The third kappa shape index (κ3) is 1.14. The van der Waals surface area contributed by atoms with E-state index in [9.17, 15) is 0 Å². The summed E-state index contributed by atoms with van der Waals surface area (Å²) >= 11 is 0. The molecule has 0 atom stereocenters. The molecule has 1 heterocycles. The van der Waals surface area contributed by atoms with Crippen LogP contribution >= 0.6 is 0 Å². The predicted molar refractivity (Wildman–Crippen MR) is 42.4 cm³/mol. The molecule has 2 N–H and O–H groups in total. The van der Waals surface area contributed by atoms with Gasteiger partial charge in [-0.05, 0) is 12.8 Å². The Bertz CT molecular complexity index is 138. The van der Waals surface area contributed by atoms with Crippen molar-refractivity contribution >= 4 is 6.21 Å². The van der Waals surface area contributed by atoms with Crippen LogP contribution in [0, 0.1) is 5.41 Å². The molecule has 0 radical (unpaired) electrons. The topological polar surface area (TPSA) is 41.6 Å². The second-order valence-electron chi connectivity index (χ2n) is 2.91. The molecule has 0 unspecified atom stereocenters. The lowest BCUT2D eigenvalue weighted by atomic mass is 9.85. The maximum absolute atomic E-state index is 5.50. The van der Waals surface area contributed by atoms with Crippen LogP contribution in [0.4, 0.5) is 0 Å². The zero-order valence-corrected chi connectivity index (χ0v) is 6.67. The van der Waals surface area contributed by atoms with E-state index in [0.717, 1.165) is 19.4 Å². The zero-order valence-electron chi connectivity index (χ0n) is 6.67. The Balaban J connectivity index is 2.61. The summed E-state index contributed by atoms with van der Waals surface area (Å²) in [5, 5.41) is 5.54. The maximum Gasteiger partial charge on any atom is 0.0636 e. The molecule has 10 heavy (non-hydrogen) atoms. The van der Waals surface area contributed by atoms with E-state index < -0.39 is 0 Å². The first-order valence-electron chi connectivity index (χ1n) is 3.80. The molecule has 1 aliphatic rings. The number of nitrogens with zero attached hydrogens (tertiary/aromatic N) is 2. The van der Waals surface area contributed by atoms with E-state index in [1.54, 1.807) is 0 Å². The van der Waals surface area contributed by atoms with Gasteiger partial charge in [0.2, 0.25) is 0 Å². The normalized spacial score (nSPS) is 22.1.